The minimum Gasteiger partial charge on any atom is -0.497 e. The zero-order chi connectivity index (χ0) is 27.9. The molecule has 2 aromatic rings. The third kappa shape index (κ3) is 4.91. The number of ether oxygens (including phenoxy) is 1. The largest absolute Gasteiger partial charge is 0.497 e. The van der Waals surface area contributed by atoms with Crippen LogP contribution in [0.1, 0.15) is 102 Å². The van der Waals surface area contributed by atoms with Gasteiger partial charge in [0.15, 0.2) is 5.78 Å². The normalized spacial score (nSPS) is 34.1. The minimum absolute atomic E-state index is 0.249. The van der Waals surface area contributed by atoms with E-state index in [0.717, 1.165) is 22.4 Å². The highest BCUT2D eigenvalue weighted by Gasteiger charge is 2.61. The van der Waals surface area contributed by atoms with Crippen molar-refractivity contribution in [2.75, 3.05) is 7.11 Å². The SMILES string of the molecule is COc1ccc(C=C2C(=O)c3ccccc3C2(C2CC(C)CCC2C(C)C)C2CC(C)CCC2C(C)C)cc1. The Morgan fingerprint density at radius 2 is 1.33 bits per heavy atom. The number of allylic oxidation sites excluding steroid dienone is 1. The zero-order valence-corrected chi connectivity index (χ0v) is 25.4. The van der Waals surface area contributed by atoms with Gasteiger partial charge >= 0.3 is 0 Å². The van der Waals surface area contributed by atoms with Gasteiger partial charge in [-0.2, -0.15) is 0 Å². The van der Waals surface area contributed by atoms with Crippen LogP contribution in [-0.2, 0) is 5.41 Å². The Labute approximate surface area is 237 Å². The van der Waals surface area contributed by atoms with E-state index in [1.807, 2.05) is 12.1 Å². The number of fused-ring (bicyclic) bond motifs is 1. The number of carbonyl (C=O) groups is 1. The van der Waals surface area contributed by atoms with Crippen molar-refractivity contribution in [2.45, 2.75) is 85.5 Å². The summed E-state index contributed by atoms with van der Waals surface area (Å²) in [6.45, 7) is 14.6. The van der Waals surface area contributed by atoms with Gasteiger partial charge in [0.2, 0.25) is 0 Å². The van der Waals surface area contributed by atoms with Crippen LogP contribution in [0.3, 0.4) is 0 Å². The number of rotatable bonds is 6. The fourth-order valence-corrected chi connectivity index (χ4v) is 9.10. The fraction of sp³-hybridized carbons (Fsp3) is 0.595. The van der Waals surface area contributed by atoms with Gasteiger partial charge in [-0.25, -0.2) is 0 Å². The van der Waals surface area contributed by atoms with E-state index in [9.17, 15) is 4.79 Å². The molecule has 210 valence electrons. The van der Waals surface area contributed by atoms with Gasteiger partial charge in [-0.05, 0) is 102 Å². The average molecular weight is 527 g/mol. The molecular formula is C37H50O2. The summed E-state index contributed by atoms with van der Waals surface area (Å²) in [6, 6.07) is 17.0. The summed E-state index contributed by atoms with van der Waals surface area (Å²) < 4.78 is 5.46. The molecule has 0 N–H and O–H groups in total. The summed E-state index contributed by atoms with van der Waals surface area (Å²) in [7, 11) is 1.71. The Hall–Kier alpha value is -2.35. The molecule has 0 bridgehead atoms. The van der Waals surface area contributed by atoms with E-state index in [-0.39, 0.29) is 11.2 Å². The molecule has 0 amide bonds. The molecule has 0 aliphatic heterocycles. The van der Waals surface area contributed by atoms with E-state index in [0.29, 0.717) is 47.3 Å². The van der Waals surface area contributed by atoms with Gasteiger partial charge in [0.05, 0.1) is 7.11 Å². The van der Waals surface area contributed by atoms with E-state index in [1.165, 1.54) is 44.1 Å². The molecule has 0 spiro atoms. The summed E-state index contributed by atoms with van der Waals surface area (Å²) >= 11 is 0. The highest BCUT2D eigenvalue weighted by molar-refractivity contribution is 6.18. The monoisotopic (exact) mass is 526 g/mol. The van der Waals surface area contributed by atoms with Gasteiger partial charge in [-0.15, -0.1) is 0 Å². The molecule has 3 aliphatic rings. The third-order valence-corrected chi connectivity index (χ3v) is 10.9. The Kier molecular flexibility index (Phi) is 8.14. The first kappa shape index (κ1) is 28.2. The summed E-state index contributed by atoms with van der Waals surface area (Å²) in [4.78, 5) is 14.6. The Morgan fingerprint density at radius 1 is 0.795 bits per heavy atom. The van der Waals surface area contributed by atoms with Crippen LogP contribution in [0.25, 0.3) is 6.08 Å². The van der Waals surface area contributed by atoms with Crippen LogP contribution >= 0.6 is 0 Å². The van der Waals surface area contributed by atoms with Crippen LogP contribution in [0.4, 0.5) is 0 Å². The fourth-order valence-electron chi connectivity index (χ4n) is 9.10. The van der Waals surface area contributed by atoms with Crippen molar-refractivity contribution in [2.24, 2.45) is 47.3 Å². The molecule has 0 radical (unpaired) electrons. The Bertz CT molecular complexity index is 1150. The number of Topliss-reactive ketones (excluding diaryl/α,β-unsaturated/α-hetero) is 1. The average Bonchev–Trinajstić information content (AvgIpc) is 3.17. The van der Waals surface area contributed by atoms with Crippen LogP contribution in [-0.4, -0.2) is 12.9 Å². The zero-order valence-electron chi connectivity index (χ0n) is 25.4. The van der Waals surface area contributed by atoms with Crippen molar-refractivity contribution in [1.29, 1.82) is 0 Å². The number of hydrogen-bond donors (Lipinski definition) is 0. The Morgan fingerprint density at radius 3 is 1.85 bits per heavy atom. The highest BCUT2D eigenvalue weighted by Crippen LogP contribution is 2.64. The van der Waals surface area contributed by atoms with Crippen molar-refractivity contribution in [3.8, 4) is 5.75 Å². The molecule has 0 saturated heterocycles. The lowest BCUT2D eigenvalue weighted by Gasteiger charge is -2.56. The van der Waals surface area contributed by atoms with Crippen LogP contribution in [0.5, 0.6) is 5.75 Å². The van der Waals surface area contributed by atoms with Gasteiger partial charge in [0.25, 0.3) is 0 Å². The molecule has 5 rings (SSSR count). The van der Waals surface area contributed by atoms with Gasteiger partial charge in [-0.1, -0.05) is 90.8 Å². The predicted molar refractivity (Wildman–Crippen MR) is 163 cm³/mol. The second kappa shape index (κ2) is 11.3. The lowest BCUT2D eigenvalue weighted by molar-refractivity contribution is 0.00117. The summed E-state index contributed by atoms with van der Waals surface area (Å²) in [5.41, 5.74) is 4.22. The number of carbonyl (C=O) groups excluding carboxylic acids is 1. The number of benzene rings is 2. The first-order valence-corrected chi connectivity index (χ1v) is 15.7. The number of hydrogen-bond acceptors (Lipinski definition) is 2. The molecule has 3 aliphatic carbocycles. The maximum Gasteiger partial charge on any atom is 0.190 e. The van der Waals surface area contributed by atoms with Crippen LogP contribution in [0.15, 0.2) is 54.1 Å². The maximum absolute atomic E-state index is 14.6. The molecule has 2 fully saturated rings. The van der Waals surface area contributed by atoms with Crippen molar-refractivity contribution in [1.82, 2.24) is 0 Å². The third-order valence-electron chi connectivity index (χ3n) is 10.9. The molecule has 0 aromatic heterocycles. The molecule has 6 unspecified atom stereocenters. The second-order valence-corrected chi connectivity index (χ2v) is 13.9. The molecule has 2 heteroatoms. The van der Waals surface area contributed by atoms with Gasteiger partial charge in [-0.3, -0.25) is 4.79 Å². The van der Waals surface area contributed by atoms with Crippen molar-refractivity contribution >= 4 is 11.9 Å². The lowest BCUT2D eigenvalue weighted by Crippen LogP contribution is -2.53. The highest BCUT2D eigenvalue weighted by atomic mass is 16.5. The smallest absolute Gasteiger partial charge is 0.190 e. The van der Waals surface area contributed by atoms with Crippen LogP contribution in [0.2, 0.25) is 0 Å². The molecule has 6 atom stereocenters. The summed E-state index contributed by atoms with van der Waals surface area (Å²) in [5.74, 6) is 5.86. The molecule has 0 heterocycles. The first-order chi connectivity index (χ1) is 18.7. The van der Waals surface area contributed by atoms with Gasteiger partial charge in [0.1, 0.15) is 5.75 Å². The standard InChI is InChI=1S/C37H50O2/c1-23(2)29-18-12-25(5)20-33(29)37(34-21-26(6)13-19-30(34)24(3)4)32-11-9-8-10-31(32)36(38)35(37)22-27-14-16-28(39-7)17-15-27/h8-11,14-17,22-26,29-30,33-34H,12-13,18-21H2,1-7H3. The summed E-state index contributed by atoms with van der Waals surface area (Å²) in [6.07, 6.45) is 9.85. The first-order valence-electron chi connectivity index (χ1n) is 15.7. The number of ketones is 1. The topological polar surface area (TPSA) is 26.3 Å². The molecule has 39 heavy (non-hydrogen) atoms. The maximum atomic E-state index is 14.6. The van der Waals surface area contributed by atoms with Gasteiger partial charge in [0, 0.05) is 16.6 Å². The van der Waals surface area contributed by atoms with Crippen LogP contribution < -0.4 is 4.74 Å². The van der Waals surface area contributed by atoms with Gasteiger partial charge < -0.3 is 4.74 Å². The quantitative estimate of drug-likeness (QED) is 0.350. The predicted octanol–water partition coefficient (Wildman–Crippen LogP) is 9.63. The van der Waals surface area contributed by atoms with Crippen molar-refractivity contribution in [3.05, 3.63) is 70.8 Å². The van der Waals surface area contributed by atoms with E-state index in [1.54, 1.807) is 7.11 Å². The summed E-state index contributed by atoms with van der Waals surface area (Å²) in [5, 5.41) is 0. The molecule has 2 nitrogen and oxygen atoms in total. The van der Waals surface area contributed by atoms with E-state index in [2.05, 4.69) is 84.0 Å². The molecule has 2 aromatic carbocycles. The second-order valence-electron chi connectivity index (χ2n) is 13.9. The van der Waals surface area contributed by atoms with E-state index < -0.39 is 0 Å². The van der Waals surface area contributed by atoms with Crippen LogP contribution in [0, 0.1) is 47.3 Å². The minimum atomic E-state index is -0.249. The van der Waals surface area contributed by atoms with Crippen molar-refractivity contribution < 1.29 is 9.53 Å². The lowest BCUT2D eigenvalue weighted by atomic mass is 9.47. The van der Waals surface area contributed by atoms with Crippen molar-refractivity contribution in [3.63, 3.8) is 0 Å². The van der Waals surface area contributed by atoms with E-state index in [4.69, 9.17) is 4.74 Å². The van der Waals surface area contributed by atoms with E-state index >= 15 is 0 Å². The number of methoxy groups -OCH3 is 1. The molecule has 2 saturated carbocycles. The Balaban J connectivity index is 1.83. The molecular weight excluding hydrogens is 476 g/mol.